The van der Waals surface area contributed by atoms with E-state index in [9.17, 15) is 13.6 Å². The van der Waals surface area contributed by atoms with Gasteiger partial charge in [0.15, 0.2) is 11.6 Å². The van der Waals surface area contributed by atoms with E-state index < -0.39 is 17.5 Å². The Morgan fingerprint density at radius 3 is 2.89 bits per heavy atom. The molecule has 0 unspecified atom stereocenters. The molecule has 0 atom stereocenters. The minimum atomic E-state index is -0.998. The molecular weight excluding hydrogens is 242 g/mol. The van der Waals surface area contributed by atoms with Crippen LogP contribution in [0.3, 0.4) is 0 Å². The number of nitriles is 1. The van der Waals surface area contributed by atoms with Gasteiger partial charge in [-0.2, -0.15) is 5.26 Å². The zero-order chi connectivity index (χ0) is 13.1. The number of nitrogens with zero attached hydrogens (tertiary/aromatic N) is 3. The van der Waals surface area contributed by atoms with Crippen LogP contribution in [-0.4, -0.2) is 22.0 Å². The summed E-state index contributed by atoms with van der Waals surface area (Å²) in [6, 6.07) is 3.71. The number of hydrogen-bond donors (Lipinski definition) is 1. The molecule has 1 aromatic heterocycles. The Hall–Kier alpha value is -2.49. The van der Waals surface area contributed by atoms with Crippen LogP contribution in [0.25, 0.3) is 11.0 Å². The highest BCUT2D eigenvalue weighted by Crippen LogP contribution is 2.17. The molecule has 1 N–H and O–H groups in total. The fourth-order valence-electron chi connectivity index (χ4n) is 1.53. The van der Waals surface area contributed by atoms with E-state index in [1.54, 1.807) is 6.07 Å². The van der Waals surface area contributed by atoms with Gasteiger partial charge in [-0.05, 0) is 0 Å². The summed E-state index contributed by atoms with van der Waals surface area (Å²) in [6.07, 6.45) is 1.31. The van der Waals surface area contributed by atoms with E-state index in [0.717, 1.165) is 12.1 Å². The minimum Gasteiger partial charge on any atom is -0.341 e. The Kier molecular flexibility index (Phi) is 3.19. The van der Waals surface area contributed by atoms with Gasteiger partial charge < -0.3 is 9.88 Å². The Labute approximate surface area is 101 Å². The van der Waals surface area contributed by atoms with Gasteiger partial charge >= 0.3 is 0 Å². The molecule has 0 saturated heterocycles. The van der Waals surface area contributed by atoms with Crippen molar-refractivity contribution in [3.05, 3.63) is 30.1 Å². The van der Waals surface area contributed by atoms with Crippen molar-refractivity contribution in [2.75, 3.05) is 6.54 Å². The molecule has 0 bridgehead atoms. The Morgan fingerprint density at radius 1 is 1.44 bits per heavy atom. The third kappa shape index (κ3) is 2.27. The van der Waals surface area contributed by atoms with Crippen molar-refractivity contribution in [3.63, 3.8) is 0 Å². The number of nitrogens with one attached hydrogen (secondary N) is 1. The minimum absolute atomic E-state index is 0.103. The van der Waals surface area contributed by atoms with Crippen molar-refractivity contribution in [1.82, 2.24) is 14.9 Å². The van der Waals surface area contributed by atoms with E-state index in [1.807, 2.05) is 0 Å². The molecule has 1 amide bonds. The van der Waals surface area contributed by atoms with Gasteiger partial charge in [0.25, 0.3) is 0 Å². The van der Waals surface area contributed by atoms with Gasteiger partial charge in [-0.25, -0.2) is 13.8 Å². The van der Waals surface area contributed by atoms with E-state index in [0.29, 0.717) is 5.52 Å². The normalized spacial score (nSPS) is 10.3. The van der Waals surface area contributed by atoms with Gasteiger partial charge in [0.05, 0.1) is 23.4 Å². The smallest absolute Gasteiger partial charge is 0.240 e. The summed E-state index contributed by atoms with van der Waals surface area (Å²) in [4.78, 5) is 15.3. The van der Waals surface area contributed by atoms with Crippen LogP contribution >= 0.6 is 0 Å². The third-order valence-corrected chi connectivity index (χ3v) is 2.34. The second kappa shape index (κ2) is 4.79. The highest BCUT2D eigenvalue weighted by molar-refractivity contribution is 5.80. The van der Waals surface area contributed by atoms with Crippen LogP contribution < -0.4 is 5.32 Å². The SMILES string of the molecule is N#CCNC(=O)Cn1cnc2cc(F)c(F)cc21. The maximum absolute atomic E-state index is 13.1. The molecule has 1 heterocycles. The zero-order valence-corrected chi connectivity index (χ0v) is 9.15. The number of benzene rings is 1. The molecule has 0 aliphatic heterocycles. The first kappa shape index (κ1) is 12.0. The number of imidazole rings is 1. The Bertz CT molecular complexity index is 644. The van der Waals surface area contributed by atoms with Crippen molar-refractivity contribution in [3.8, 4) is 6.07 Å². The van der Waals surface area contributed by atoms with Gasteiger partial charge in [-0.15, -0.1) is 0 Å². The van der Waals surface area contributed by atoms with Gasteiger partial charge in [0.1, 0.15) is 13.1 Å². The molecule has 0 fully saturated rings. The maximum Gasteiger partial charge on any atom is 0.240 e. The molecule has 1 aromatic carbocycles. The molecule has 0 radical (unpaired) electrons. The number of halogens is 2. The van der Waals surface area contributed by atoms with Crippen LogP contribution in [0.2, 0.25) is 0 Å². The van der Waals surface area contributed by atoms with Crippen molar-refractivity contribution < 1.29 is 13.6 Å². The van der Waals surface area contributed by atoms with Crippen molar-refractivity contribution in [2.24, 2.45) is 0 Å². The predicted molar refractivity (Wildman–Crippen MR) is 58.3 cm³/mol. The standard InChI is InChI=1S/C11H8F2N4O/c12-7-3-9-10(4-8(7)13)17(6-16-9)5-11(18)15-2-1-14/h3-4,6H,2,5H2,(H,15,18). The topological polar surface area (TPSA) is 70.7 Å². The number of carbonyl (C=O) groups is 1. The average Bonchev–Trinajstić information content (AvgIpc) is 2.70. The molecule has 2 rings (SSSR count). The van der Waals surface area contributed by atoms with Crippen LogP contribution in [0.1, 0.15) is 0 Å². The summed E-state index contributed by atoms with van der Waals surface area (Å²) in [5.74, 6) is -2.39. The fourth-order valence-corrected chi connectivity index (χ4v) is 1.53. The van der Waals surface area contributed by atoms with Crippen LogP contribution in [0.5, 0.6) is 0 Å². The number of amides is 1. The highest BCUT2D eigenvalue weighted by atomic mass is 19.2. The molecule has 5 nitrogen and oxygen atoms in total. The van der Waals surface area contributed by atoms with Crippen molar-refractivity contribution in [1.29, 1.82) is 5.26 Å². The Morgan fingerprint density at radius 2 is 2.17 bits per heavy atom. The second-order valence-corrected chi connectivity index (χ2v) is 3.56. The van der Waals surface area contributed by atoms with Gasteiger partial charge in [0, 0.05) is 12.1 Å². The summed E-state index contributed by atoms with van der Waals surface area (Å²) in [7, 11) is 0. The van der Waals surface area contributed by atoms with Crippen LogP contribution in [0.4, 0.5) is 8.78 Å². The quantitative estimate of drug-likeness (QED) is 0.824. The second-order valence-electron chi connectivity index (χ2n) is 3.56. The lowest BCUT2D eigenvalue weighted by Crippen LogP contribution is -2.27. The summed E-state index contributed by atoms with van der Waals surface area (Å²) < 4.78 is 27.4. The average molecular weight is 250 g/mol. The molecule has 2 aromatic rings. The number of carbonyl (C=O) groups excluding carboxylic acids is 1. The van der Waals surface area contributed by atoms with E-state index in [4.69, 9.17) is 5.26 Å². The molecule has 7 heteroatoms. The first-order valence-electron chi connectivity index (χ1n) is 5.05. The van der Waals surface area contributed by atoms with Gasteiger partial charge in [0.2, 0.25) is 5.91 Å². The molecule has 0 aliphatic rings. The van der Waals surface area contributed by atoms with Crippen LogP contribution in [0.15, 0.2) is 18.5 Å². The first-order chi connectivity index (χ1) is 8.61. The number of aromatic nitrogens is 2. The predicted octanol–water partition coefficient (Wildman–Crippen LogP) is 0.954. The summed E-state index contributed by atoms with van der Waals surface area (Å²) in [5, 5.41) is 10.6. The van der Waals surface area contributed by atoms with E-state index in [1.165, 1.54) is 10.9 Å². The highest BCUT2D eigenvalue weighted by Gasteiger charge is 2.10. The lowest BCUT2D eigenvalue weighted by molar-refractivity contribution is -0.121. The molecule has 92 valence electrons. The largest absolute Gasteiger partial charge is 0.341 e. The number of hydrogen-bond acceptors (Lipinski definition) is 3. The van der Waals surface area contributed by atoms with Crippen molar-refractivity contribution >= 4 is 16.9 Å². The van der Waals surface area contributed by atoms with Gasteiger partial charge in [-0.1, -0.05) is 0 Å². The van der Waals surface area contributed by atoms with E-state index >= 15 is 0 Å². The van der Waals surface area contributed by atoms with Crippen molar-refractivity contribution in [2.45, 2.75) is 6.54 Å². The molecule has 0 spiro atoms. The van der Waals surface area contributed by atoms with Gasteiger partial charge in [-0.3, -0.25) is 4.79 Å². The molecule has 0 saturated carbocycles. The number of fused-ring (bicyclic) bond motifs is 1. The number of rotatable bonds is 3. The Balaban J connectivity index is 2.27. The monoisotopic (exact) mass is 250 g/mol. The summed E-state index contributed by atoms with van der Waals surface area (Å²) >= 11 is 0. The summed E-state index contributed by atoms with van der Waals surface area (Å²) in [5.41, 5.74) is 0.586. The summed E-state index contributed by atoms with van der Waals surface area (Å²) in [6.45, 7) is -0.211. The zero-order valence-electron chi connectivity index (χ0n) is 9.15. The van der Waals surface area contributed by atoms with E-state index in [2.05, 4.69) is 10.3 Å². The first-order valence-corrected chi connectivity index (χ1v) is 5.05. The fraction of sp³-hybridized carbons (Fsp3) is 0.182. The maximum atomic E-state index is 13.1. The third-order valence-electron chi connectivity index (χ3n) is 2.34. The van der Waals surface area contributed by atoms with Crippen LogP contribution in [-0.2, 0) is 11.3 Å². The van der Waals surface area contributed by atoms with Crippen LogP contribution in [0, 0.1) is 23.0 Å². The van der Waals surface area contributed by atoms with E-state index in [-0.39, 0.29) is 18.6 Å². The lowest BCUT2D eigenvalue weighted by atomic mass is 10.3. The molecule has 18 heavy (non-hydrogen) atoms. The molecular formula is C11H8F2N4O. The molecule has 0 aliphatic carbocycles. The lowest BCUT2D eigenvalue weighted by Gasteiger charge is -2.03.